The summed E-state index contributed by atoms with van der Waals surface area (Å²) in [6.07, 6.45) is 2.16. The van der Waals surface area contributed by atoms with E-state index in [0.717, 1.165) is 30.4 Å². The minimum Gasteiger partial charge on any atom is -0.454 e. The van der Waals surface area contributed by atoms with Crippen molar-refractivity contribution in [3.63, 3.8) is 0 Å². The molecule has 2 aliphatic heterocycles. The highest BCUT2D eigenvalue weighted by atomic mass is 32.1. The molecule has 9 heteroatoms. The molecule has 0 saturated carbocycles. The number of hydrogen-bond acceptors (Lipinski definition) is 6. The molecule has 1 aromatic heterocycles. The Labute approximate surface area is 174 Å². The molecular formula is C20H25N3O5S. The monoisotopic (exact) mass is 419 g/mol. The minimum atomic E-state index is -0.145. The Morgan fingerprint density at radius 3 is 2.93 bits per heavy atom. The van der Waals surface area contributed by atoms with Gasteiger partial charge in [0.15, 0.2) is 16.6 Å². The number of nitrogens with one attached hydrogen (secondary N) is 2. The van der Waals surface area contributed by atoms with Gasteiger partial charge in [0.25, 0.3) is 5.56 Å². The lowest BCUT2D eigenvalue weighted by molar-refractivity contribution is 0.0895. The highest BCUT2D eigenvalue weighted by Crippen LogP contribution is 2.35. The standard InChI is InChI=1S/C20H25N3O5S/c1-25-6-4-21-20(29)23(11-15-3-2-5-26-15)10-14-7-13-8-17-18(28-12-27-17)9-16(13)22-19(14)24/h7-9,15H,2-6,10-12H2,1H3,(H,21,29)(H,22,24)/t15-/m0/s1. The third-order valence-electron chi connectivity index (χ3n) is 5.09. The summed E-state index contributed by atoms with van der Waals surface area (Å²) in [5.74, 6) is 1.33. The Morgan fingerprint density at radius 2 is 2.17 bits per heavy atom. The molecule has 2 aliphatic rings. The Balaban J connectivity index is 1.57. The van der Waals surface area contributed by atoms with Gasteiger partial charge in [-0.2, -0.15) is 0 Å². The summed E-state index contributed by atoms with van der Waals surface area (Å²) in [5.41, 5.74) is 1.20. The number of thiocarbonyl (C=S) groups is 1. The predicted molar refractivity (Wildman–Crippen MR) is 113 cm³/mol. The zero-order chi connectivity index (χ0) is 20.2. The molecule has 1 aromatic carbocycles. The zero-order valence-corrected chi connectivity index (χ0v) is 17.2. The van der Waals surface area contributed by atoms with Gasteiger partial charge in [-0.25, -0.2) is 0 Å². The van der Waals surface area contributed by atoms with E-state index in [0.29, 0.717) is 48.4 Å². The lowest BCUT2D eigenvalue weighted by Crippen LogP contribution is -2.44. The molecule has 8 nitrogen and oxygen atoms in total. The molecule has 3 heterocycles. The summed E-state index contributed by atoms with van der Waals surface area (Å²) in [6.45, 7) is 3.15. The Morgan fingerprint density at radius 1 is 1.34 bits per heavy atom. The van der Waals surface area contributed by atoms with Gasteiger partial charge in [-0.3, -0.25) is 4.79 Å². The molecule has 0 amide bonds. The van der Waals surface area contributed by atoms with Crippen LogP contribution in [0, 0.1) is 0 Å². The fourth-order valence-electron chi connectivity index (χ4n) is 3.59. The van der Waals surface area contributed by atoms with Crippen LogP contribution in [0.4, 0.5) is 0 Å². The first-order valence-electron chi connectivity index (χ1n) is 9.73. The van der Waals surface area contributed by atoms with Gasteiger partial charge in [0, 0.05) is 43.8 Å². The van der Waals surface area contributed by atoms with Crippen LogP contribution in [0.25, 0.3) is 10.9 Å². The Kier molecular flexibility index (Phi) is 6.17. The average Bonchev–Trinajstić information content (AvgIpc) is 3.38. The molecule has 0 radical (unpaired) electrons. The van der Waals surface area contributed by atoms with E-state index in [4.69, 9.17) is 31.2 Å². The Hall–Kier alpha value is -2.36. The highest BCUT2D eigenvalue weighted by Gasteiger charge is 2.22. The van der Waals surface area contributed by atoms with Gasteiger partial charge in [-0.1, -0.05) is 0 Å². The second-order valence-electron chi connectivity index (χ2n) is 7.16. The van der Waals surface area contributed by atoms with Crippen LogP contribution in [0.15, 0.2) is 23.0 Å². The number of nitrogens with zero attached hydrogens (tertiary/aromatic N) is 1. The number of methoxy groups -OCH3 is 1. The van der Waals surface area contributed by atoms with Crippen molar-refractivity contribution < 1.29 is 18.9 Å². The van der Waals surface area contributed by atoms with Gasteiger partial charge < -0.3 is 34.1 Å². The second kappa shape index (κ2) is 8.98. The summed E-state index contributed by atoms with van der Waals surface area (Å²) in [5, 5.41) is 4.67. The van der Waals surface area contributed by atoms with Gasteiger partial charge in [-0.15, -0.1) is 0 Å². The smallest absolute Gasteiger partial charge is 0.253 e. The molecule has 29 heavy (non-hydrogen) atoms. The molecule has 1 atom stereocenters. The Bertz CT molecular complexity index is 942. The fourth-order valence-corrected chi connectivity index (χ4v) is 3.83. The number of aromatic amines is 1. The van der Waals surface area contributed by atoms with Crippen molar-refractivity contribution in [2.45, 2.75) is 25.5 Å². The van der Waals surface area contributed by atoms with E-state index in [2.05, 4.69) is 10.3 Å². The van der Waals surface area contributed by atoms with Crippen molar-refractivity contribution in [1.29, 1.82) is 0 Å². The quantitative estimate of drug-likeness (QED) is 0.519. The maximum Gasteiger partial charge on any atom is 0.253 e. The van der Waals surface area contributed by atoms with E-state index < -0.39 is 0 Å². The van der Waals surface area contributed by atoms with Crippen molar-refractivity contribution >= 4 is 28.2 Å². The lowest BCUT2D eigenvalue weighted by atomic mass is 10.1. The van der Waals surface area contributed by atoms with E-state index in [-0.39, 0.29) is 18.5 Å². The zero-order valence-electron chi connectivity index (χ0n) is 16.4. The molecule has 2 N–H and O–H groups in total. The molecule has 0 spiro atoms. The van der Waals surface area contributed by atoms with Crippen molar-refractivity contribution in [3.8, 4) is 11.5 Å². The van der Waals surface area contributed by atoms with Crippen molar-refractivity contribution in [3.05, 3.63) is 34.1 Å². The molecule has 1 fully saturated rings. The van der Waals surface area contributed by atoms with E-state index in [1.54, 1.807) is 13.2 Å². The van der Waals surface area contributed by atoms with Gasteiger partial charge in [0.05, 0.1) is 24.8 Å². The first kappa shape index (κ1) is 19.9. The lowest BCUT2D eigenvalue weighted by Gasteiger charge is -2.28. The maximum atomic E-state index is 12.7. The first-order valence-corrected chi connectivity index (χ1v) is 10.1. The molecule has 156 valence electrons. The number of pyridine rings is 1. The number of hydrogen-bond donors (Lipinski definition) is 2. The third-order valence-corrected chi connectivity index (χ3v) is 5.50. The molecule has 0 unspecified atom stereocenters. The van der Waals surface area contributed by atoms with E-state index >= 15 is 0 Å². The fraction of sp³-hybridized carbons (Fsp3) is 0.500. The second-order valence-corrected chi connectivity index (χ2v) is 7.54. The average molecular weight is 420 g/mol. The number of benzene rings is 1. The number of fused-ring (bicyclic) bond motifs is 2. The predicted octanol–water partition coefficient (Wildman–Crippen LogP) is 1.76. The van der Waals surface area contributed by atoms with Gasteiger partial charge in [-0.05, 0) is 37.2 Å². The summed E-state index contributed by atoms with van der Waals surface area (Å²) in [7, 11) is 1.65. The molecular weight excluding hydrogens is 394 g/mol. The van der Waals surface area contributed by atoms with Crippen LogP contribution >= 0.6 is 12.2 Å². The van der Waals surface area contributed by atoms with Crippen LogP contribution in [-0.2, 0) is 16.0 Å². The molecule has 2 aromatic rings. The molecule has 0 aliphatic carbocycles. The van der Waals surface area contributed by atoms with Crippen molar-refractivity contribution in [2.24, 2.45) is 0 Å². The van der Waals surface area contributed by atoms with Crippen LogP contribution in [0.5, 0.6) is 11.5 Å². The third kappa shape index (κ3) is 4.63. The van der Waals surface area contributed by atoms with Crippen LogP contribution in [0.3, 0.4) is 0 Å². The van der Waals surface area contributed by atoms with Crippen LogP contribution in [0.2, 0.25) is 0 Å². The normalized spacial score (nSPS) is 17.6. The summed E-state index contributed by atoms with van der Waals surface area (Å²) in [4.78, 5) is 17.7. The van der Waals surface area contributed by atoms with E-state index in [1.165, 1.54) is 0 Å². The molecule has 0 bridgehead atoms. The van der Waals surface area contributed by atoms with Crippen LogP contribution < -0.4 is 20.3 Å². The molecule has 1 saturated heterocycles. The van der Waals surface area contributed by atoms with Crippen molar-refractivity contribution in [1.82, 2.24) is 15.2 Å². The van der Waals surface area contributed by atoms with Gasteiger partial charge >= 0.3 is 0 Å². The number of rotatable bonds is 7. The summed E-state index contributed by atoms with van der Waals surface area (Å²) in [6, 6.07) is 5.57. The maximum absolute atomic E-state index is 12.7. The summed E-state index contributed by atoms with van der Waals surface area (Å²) < 4.78 is 21.7. The number of ether oxygens (including phenoxy) is 4. The highest BCUT2D eigenvalue weighted by molar-refractivity contribution is 7.80. The largest absolute Gasteiger partial charge is 0.454 e. The van der Waals surface area contributed by atoms with E-state index in [9.17, 15) is 4.79 Å². The van der Waals surface area contributed by atoms with Crippen molar-refractivity contribution in [2.75, 3.05) is 40.2 Å². The van der Waals surface area contributed by atoms with Gasteiger partial charge in [0.1, 0.15) is 0 Å². The van der Waals surface area contributed by atoms with Crippen LogP contribution in [0.1, 0.15) is 18.4 Å². The van der Waals surface area contributed by atoms with E-state index in [1.807, 2.05) is 17.0 Å². The number of aromatic nitrogens is 1. The van der Waals surface area contributed by atoms with Gasteiger partial charge in [0.2, 0.25) is 6.79 Å². The first-order chi connectivity index (χ1) is 14.1. The topological polar surface area (TPSA) is 85.1 Å². The number of H-pyrrole nitrogens is 1. The minimum absolute atomic E-state index is 0.116. The SMILES string of the molecule is COCCNC(=S)N(Cc1cc2cc3c(cc2[nH]c1=O)OCO3)C[C@@H]1CCCO1. The summed E-state index contributed by atoms with van der Waals surface area (Å²) >= 11 is 5.58. The van der Waals surface area contributed by atoms with Crippen LogP contribution in [-0.4, -0.2) is 61.3 Å². The molecule has 4 rings (SSSR count).